The summed E-state index contributed by atoms with van der Waals surface area (Å²) in [6, 6.07) is 13.9. The van der Waals surface area contributed by atoms with Crippen molar-refractivity contribution in [2.45, 2.75) is 19.0 Å². The predicted molar refractivity (Wildman–Crippen MR) is 107 cm³/mol. The van der Waals surface area contributed by atoms with Crippen LogP contribution in [-0.2, 0) is 16.1 Å². The van der Waals surface area contributed by atoms with E-state index in [1.165, 1.54) is 41.5 Å². The van der Waals surface area contributed by atoms with Crippen molar-refractivity contribution in [1.82, 2.24) is 4.90 Å². The van der Waals surface area contributed by atoms with Gasteiger partial charge in [0, 0.05) is 11.6 Å². The third-order valence-electron chi connectivity index (χ3n) is 4.84. The summed E-state index contributed by atoms with van der Waals surface area (Å²) in [7, 11) is 0. The molecule has 1 fully saturated rings. The van der Waals surface area contributed by atoms with Crippen molar-refractivity contribution in [3.63, 3.8) is 0 Å². The smallest absolute Gasteiger partial charge is 0.290 e. The first kappa shape index (κ1) is 19.8. The van der Waals surface area contributed by atoms with Gasteiger partial charge in [0.25, 0.3) is 11.8 Å². The van der Waals surface area contributed by atoms with Crippen LogP contribution in [0.2, 0.25) is 5.02 Å². The topological polar surface area (TPSA) is 70.8 Å². The number of benzene rings is 2. The monoisotopic (exact) mass is 426 g/mol. The molecule has 1 saturated heterocycles. The molecule has 0 aliphatic carbocycles. The van der Waals surface area contributed by atoms with Gasteiger partial charge in [-0.15, -0.1) is 0 Å². The van der Waals surface area contributed by atoms with E-state index < -0.39 is 29.6 Å². The first-order valence-electron chi connectivity index (χ1n) is 9.15. The lowest BCUT2D eigenvalue weighted by Gasteiger charge is -2.27. The summed E-state index contributed by atoms with van der Waals surface area (Å²) >= 11 is 5.89. The molecule has 4 rings (SSSR count). The van der Waals surface area contributed by atoms with Crippen LogP contribution in [0.1, 0.15) is 22.5 Å². The Morgan fingerprint density at radius 1 is 1.10 bits per heavy atom. The number of rotatable bonds is 5. The summed E-state index contributed by atoms with van der Waals surface area (Å²) in [5.74, 6) is -1.85. The number of carbonyl (C=O) groups is 3. The maximum atomic E-state index is 13.3. The Morgan fingerprint density at radius 2 is 1.80 bits per heavy atom. The second kappa shape index (κ2) is 8.12. The Morgan fingerprint density at radius 3 is 2.43 bits per heavy atom. The third kappa shape index (κ3) is 3.84. The third-order valence-corrected chi connectivity index (χ3v) is 5.09. The fraction of sp³-hybridized carbons (Fsp3) is 0.136. The molecule has 152 valence electrons. The lowest BCUT2D eigenvalue weighted by Crippen LogP contribution is -2.45. The number of furan rings is 1. The van der Waals surface area contributed by atoms with E-state index in [0.717, 1.165) is 4.90 Å². The molecule has 2 heterocycles. The molecule has 0 radical (unpaired) electrons. The van der Waals surface area contributed by atoms with Crippen molar-refractivity contribution in [3.05, 3.63) is 89.1 Å². The lowest BCUT2D eigenvalue weighted by molar-refractivity contribution is -0.122. The maximum Gasteiger partial charge on any atom is 0.290 e. The number of nitrogens with zero attached hydrogens (tertiary/aromatic N) is 2. The van der Waals surface area contributed by atoms with E-state index in [1.54, 1.807) is 30.3 Å². The molecule has 1 aliphatic rings. The van der Waals surface area contributed by atoms with Crippen LogP contribution in [0.15, 0.2) is 71.3 Å². The van der Waals surface area contributed by atoms with Gasteiger partial charge in [-0.2, -0.15) is 0 Å². The molecule has 6 nitrogen and oxygen atoms in total. The Hall–Kier alpha value is -3.45. The molecule has 2 aromatic carbocycles. The van der Waals surface area contributed by atoms with Crippen LogP contribution in [-0.4, -0.2) is 28.7 Å². The SMILES string of the molecule is O=C1CC(N(Cc2ccc(F)cc2)C(=O)c2ccco2)C(=O)N1c1ccc(Cl)cc1. The molecule has 0 N–H and O–H groups in total. The van der Waals surface area contributed by atoms with Crippen molar-refractivity contribution in [2.75, 3.05) is 4.90 Å². The van der Waals surface area contributed by atoms with Crippen molar-refractivity contribution in [3.8, 4) is 0 Å². The van der Waals surface area contributed by atoms with Crippen LogP contribution in [0.3, 0.4) is 0 Å². The van der Waals surface area contributed by atoms with Crippen molar-refractivity contribution in [2.24, 2.45) is 0 Å². The van der Waals surface area contributed by atoms with Crippen LogP contribution in [0, 0.1) is 5.82 Å². The van der Waals surface area contributed by atoms with Crippen LogP contribution in [0.25, 0.3) is 0 Å². The maximum absolute atomic E-state index is 13.3. The molecule has 1 aromatic heterocycles. The molecule has 30 heavy (non-hydrogen) atoms. The van der Waals surface area contributed by atoms with Gasteiger partial charge >= 0.3 is 0 Å². The zero-order chi connectivity index (χ0) is 21.3. The number of anilines is 1. The van der Waals surface area contributed by atoms with E-state index >= 15 is 0 Å². The summed E-state index contributed by atoms with van der Waals surface area (Å²) < 4.78 is 18.5. The fourth-order valence-corrected chi connectivity index (χ4v) is 3.50. The van der Waals surface area contributed by atoms with Crippen LogP contribution < -0.4 is 4.90 Å². The zero-order valence-electron chi connectivity index (χ0n) is 15.6. The molecule has 0 spiro atoms. The van der Waals surface area contributed by atoms with Gasteiger partial charge in [0.2, 0.25) is 5.91 Å². The first-order chi connectivity index (χ1) is 14.4. The Balaban J connectivity index is 1.66. The van der Waals surface area contributed by atoms with Crippen molar-refractivity contribution in [1.29, 1.82) is 0 Å². The van der Waals surface area contributed by atoms with E-state index in [0.29, 0.717) is 16.3 Å². The van der Waals surface area contributed by atoms with E-state index in [-0.39, 0.29) is 18.7 Å². The second-order valence-corrected chi connectivity index (χ2v) is 7.24. The van der Waals surface area contributed by atoms with Gasteiger partial charge in [-0.1, -0.05) is 23.7 Å². The van der Waals surface area contributed by atoms with Crippen LogP contribution in [0.4, 0.5) is 10.1 Å². The highest BCUT2D eigenvalue weighted by atomic mass is 35.5. The van der Waals surface area contributed by atoms with Gasteiger partial charge in [0.05, 0.1) is 18.4 Å². The molecular weight excluding hydrogens is 411 g/mol. The molecule has 1 atom stereocenters. The molecule has 1 unspecified atom stereocenters. The number of amides is 3. The zero-order valence-corrected chi connectivity index (χ0v) is 16.4. The molecular formula is C22H16ClFN2O4. The quantitative estimate of drug-likeness (QED) is 0.577. The van der Waals surface area contributed by atoms with Gasteiger partial charge < -0.3 is 9.32 Å². The largest absolute Gasteiger partial charge is 0.459 e. The Kier molecular flexibility index (Phi) is 5.37. The predicted octanol–water partition coefficient (Wildman–Crippen LogP) is 4.05. The standard InChI is InChI=1S/C22H16ClFN2O4/c23-15-5-9-17(10-6-15)26-20(27)12-18(21(26)28)25(22(29)19-2-1-11-30-19)13-14-3-7-16(24)8-4-14/h1-11,18H,12-13H2. The fourth-order valence-electron chi connectivity index (χ4n) is 3.37. The van der Waals surface area contributed by atoms with E-state index in [9.17, 15) is 18.8 Å². The van der Waals surface area contributed by atoms with Crippen molar-refractivity contribution < 1.29 is 23.2 Å². The summed E-state index contributed by atoms with van der Waals surface area (Å²) in [6.07, 6.45) is 1.18. The summed E-state index contributed by atoms with van der Waals surface area (Å²) in [5.41, 5.74) is 0.991. The summed E-state index contributed by atoms with van der Waals surface area (Å²) in [4.78, 5) is 41.2. The molecule has 0 bridgehead atoms. The van der Waals surface area contributed by atoms with Crippen molar-refractivity contribution >= 4 is 35.0 Å². The second-order valence-electron chi connectivity index (χ2n) is 6.80. The minimum absolute atomic E-state index is 0.0119. The number of imide groups is 1. The molecule has 1 aliphatic heterocycles. The van der Waals surface area contributed by atoms with E-state index in [1.807, 2.05) is 0 Å². The number of hydrogen-bond donors (Lipinski definition) is 0. The molecule has 3 amide bonds. The number of carbonyl (C=O) groups excluding carboxylic acids is 3. The van der Waals surface area contributed by atoms with E-state index in [4.69, 9.17) is 16.0 Å². The molecule has 0 saturated carbocycles. The lowest BCUT2D eigenvalue weighted by atomic mass is 10.1. The van der Waals surface area contributed by atoms with E-state index in [2.05, 4.69) is 0 Å². The minimum atomic E-state index is -1.02. The highest BCUT2D eigenvalue weighted by molar-refractivity contribution is 6.31. The number of hydrogen-bond acceptors (Lipinski definition) is 4. The summed E-state index contributed by atoms with van der Waals surface area (Å²) in [5, 5.41) is 0.473. The van der Waals surface area contributed by atoms with Crippen LogP contribution >= 0.6 is 11.6 Å². The first-order valence-corrected chi connectivity index (χ1v) is 9.53. The minimum Gasteiger partial charge on any atom is -0.459 e. The van der Waals surface area contributed by atoms with Gasteiger partial charge in [0.15, 0.2) is 5.76 Å². The Labute approximate surface area is 176 Å². The highest BCUT2D eigenvalue weighted by Gasteiger charge is 2.45. The summed E-state index contributed by atoms with van der Waals surface area (Å²) in [6.45, 7) is 0.0119. The molecule has 3 aromatic rings. The number of halogens is 2. The normalized spacial score (nSPS) is 16.2. The van der Waals surface area contributed by atoms with Gasteiger partial charge in [-0.25, -0.2) is 9.29 Å². The van der Waals surface area contributed by atoms with Gasteiger partial charge in [-0.05, 0) is 54.1 Å². The highest BCUT2D eigenvalue weighted by Crippen LogP contribution is 2.28. The average Bonchev–Trinajstić information content (AvgIpc) is 3.37. The molecule has 8 heteroatoms. The van der Waals surface area contributed by atoms with Gasteiger partial charge in [-0.3, -0.25) is 14.4 Å². The van der Waals surface area contributed by atoms with Gasteiger partial charge in [0.1, 0.15) is 11.9 Å². The average molecular weight is 427 g/mol. The Bertz CT molecular complexity index is 1080. The van der Waals surface area contributed by atoms with Crippen LogP contribution in [0.5, 0.6) is 0 Å².